The molecule has 9 heterocycles. The van der Waals surface area contributed by atoms with E-state index in [-0.39, 0.29) is 83.4 Å². The molecule has 8 amide bonds. The molecular formula is C92H122BrCl3N12O21S2. The number of nitrogens with zero attached hydrogens (tertiary/aromatic N) is 10. The van der Waals surface area contributed by atoms with Crippen molar-refractivity contribution in [3.63, 3.8) is 0 Å². The first kappa shape index (κ1) is 108. The fraction of sp³-hybridized carbons (Fsp3) is 0.543. The van der Waals surface area contributed by atoms with Crippen molar-refractivity contribution in [2.75, 3.05) is 91.0 Å². The Balaban J connectivity index is 0.000000224. The van der Waals surface area contributed by atoms with E-state index in [2.05, 4.69) is 26.0 Å². The smallest absolute Gasteiger partial charge is 0.410 e. The second-order valence-corrected chi connectivity index (χ2v) is 40.7. The highest BCUT2D eigenvalue weighted by Crippen LogP contribution is 2.38. The third-order valence-corrected chi connectivity index (χ3v) is 25.6. The number of carbonyl (C=O) groups is 10. The zero-order chi connectivity index (χ0) is 95.9. The first-order chi connectivity index (χ1) is 61.1. The molecule has 0 radical (unpaired) electrons. The number of alkyl halides is 1. The standard InChI is InChI=1S/C25H30ClN3O4S.2C20H27N3O5.C12H24N2O2.C9H8BrNO4.C5H2Cl2OS.CH4/c1-25(2,3)33-24(32)28-12-9-16(10-13-28)11-14-29-15-18-17(23(29)31)5-4-6-19(18)27-22(30)20-7-8-21(26)34-20;2*1-20(2,3)28-19(25)21-10-7-14(8-11-21)9-12-22-13-16-15(18(22)24)5-4-6-17(16)23(26)27;1-12(2,3)16-11(15)14-8-5-10(4-7-13)6-9-14;1-15-9(12)6-3-2-4-8(11(13)14)7(6)5-10;6-4-2-1-3(9-4)5(7)8;/h4-8,16H,9-15H2,1-3H3,(H,27,30);2*4-6,14H,7-13H2,1-3H3;10H,4-9,13H2,1-3H3;2-4H,5H2,1H3;1-2H;1H4. The minimum absolute atomic E-state index is 0. The van der Waals surface area contributed by atoms with Crippen LogP contribution in [0.4, 0.5) is 41.9 Å². The second-order valence-electron chi connectivity index (χ2n) is 36.3. The summed E-state index contributed by atoms with van der Waals surface area (Å²) in [6.07, 6.45) is 10.0. The summed E-state index contributed by atoms with van der Waals surface area (Å²) in [7, 11) is 1.24. The van der Waals surface area contributed by atoms with Crippen molar-refractivity contribution < 1.29 is 86.4 Å². The molecule has 7 aliphatic heterocycles. The number of hydrogen-bond donors (Lipinski definition) is 2. The maximum atomic E-state index is 13.0. The number of carbonyl (C=O) groups excluding carboxylic acids is 10. The van der Waals surface area contributed by atoms with Gasteiger partial charge in [0.1, 0.15) is 22.4 Å². The maximum Gasteiger partial charge on any atom is 0.410 e. The molecule has 39 heteroatoms. The SMILES string of the molecule is C.CC(C)(C)OC(=O)N1CCC(CCN)CC1.CC(C)(C)OC(=O)N1CCC(CCN2Cc3c(NC(=O)c4ccc(Cl)s4)cccc3C2=O)CC1.CC(C)(C)OC(=O)N1CCC(CCN2Cc3c(cccc3[N+](=O)[O-])C2=O)CC1.CC(C)(C)OC(=O)N1CCC(CCN2Cc3c(cccc3[N+](=O)[O-])C2=O)CC1.COC(=O)c1cccc([N+](=O)[O-])c1CBr.O=C(Cl)c1ccc(Cl)s1. The lowest BCUT2D eigenvalue weighted by molar-refractivity contribution is -0.385. The highest BCUT2D eigenvalue weighted by Gasteiger charge is 2.39. The summed E-state index contributed by atoms with van der Waals surface area (Å²) in [5.41, 5.74) is 8.17. The molecule has 0 atom stereocenters. The normalized spacial score (nSPS) is 15.9. The van der Waals surface area contributed by atoms with Gasteiger partial charge in [-0.3, -0.25) is 54.3 Å². The topological polar surface area (TPSA) is 407 Å². The molecule has 0 saturated carbocycles. The van der Waals surface area contributed by atoms with Crippen molar-refractivity contribution in [3.8, 4) is 0 Å². The number of esters is 1. The summed E-state index contributed by atoms with van der Waals surface area (Å²) in [6, 6.07) is 25.7. The first-order valence-corrected chi connectivity index (χ1v) is 47.1. The van der Waals surface area contributed by atoms with Gasteiger partial charge in [-0.1, -0.05) is 70.8 Å². The van der Waals surface area contributed by atoms with Crippen molar-refractivity contribution >= 4 is 155 Å². The van der Waals surface area contributed by atoms with E-state index in [1.54, 1.807) is 84.0 Å². The zero-order valence-corrected chi connectivity index (χ0v) is 81.3. The quantitative estimate of drug-likeness (QED) is 0.0190. The van der Waals surface area contributed by atoms with Crippen LogP contribution in [0.1, 0.15) is 251 Å². The fourth-order valence-corrected chi connectivity index (χ4v) is 18.1. The number of methoxy groups -OCH3 is 1. The number of nitro groups is 3. The molecule has 4 saturated heterocycles. The number of likely N-dealkylation sites (tertiary alicyclic amines) is 4. The highest BCUT2D eigenvalue weighted by molar-refractivity contribution is 9.08. The van der Waals surface area contributed by atoms with Crippen LogP contribution in [0, 0.1) is 54.0 Å². The van der Waals surface area contributed by atoms with E-state index in [0.717, 1.165) is 102 Å². The molecule has 4 aromatic carbocycles. The van der Waals surface area contributed by atoms with Gasteiger partial charge in [0.15, 0.2) is 0 Å². The van der Waals surface area contributed by atoms with Crippen LogP contribution in [-0.4, -0.2) is 216 Å². The number of halogens is 4. The monoisotopic (exact) mass is 1980 g/mol. The number of rotatable bonds is 19. The van der Waals surface area contributed by atoms with Crippen molar-refractivity contribution in [3.05, 3.63) is 190 Å². The van der Waals surface area contributed by atoms with Gasteiger partial charge in [-0.15, -0.1) is 22.7 Å². The predicted octanol–water partition coefficient (Wildman–Crippen LogP) is 20.5. The van der Waals surface area contributed by atoms with E-state index in [1.165, 1.54) is 60.1 Å². The minimum Gasteiger partial charge on any atom is -0.465 e. The van der Waals surface area contributed by atoms with E-state index >= 15 is 0 Å². The Labute approximate surface area is 796 Å². The van der Waals surface area contributed by atoms with Gasteiger partial charge in [-0.25, -0.2) is 24.0 Å². The number of nitro benzene ring substituents is 3. The van der Waals surface area contributed by atoms with Gasteiger partial charge in [0.05, 0.1) is 86.8 Å². The maximum absolute atomic E-state index is 13.0. The van der Waals surface area contributed by atoms with Gasteiger partial charge in [0.25, 0.3) is 45.9 Å². The number of fused-ring (bicyclic) bond motifs is 3. The van der Waals surface area contributed by atoms with Crippen LogP contribution in [0.2, 0.25) is 8.67 Å². The Bertz CT molecular complexity index is 4880. The Morgan fingerprint density at radius 3 is 1.05 bits per heavy atom. The van der Waals surface area contributed by atoms with Gasteiger partial charge < -0.3 is 69.0 Å². The highest BCUT2D eigenvalue weighted by atomic mass is 79.9. The molecule has 6 aromatic rings. The van der Waals surface area contributed by atoms with E-state index in [0.29, 0.717) is 160 Å². The largest absolute Gasteiger partial charge is 0.465 e. The van der Waals surface area contributed by atoms with E-state index in [9.17, 15) is 78.3 Å². The number of amides is 8. The van der Waals surface area contributed by atoms with Crippen molar-refractivity contribution in [2.24, 2.45) is 29.4 Å². The fourth-order valence-electron chi connectivity index (χ4n) is 15.5. The Hall–Kier alpha value is -10.1. The lowest BCUT2D eigenvalue weighted by Crippen LogP contribution is -2.42. The molecule has 2 aromatic heterocycles. The molecule has 0 spiro atoms. The molecule has 7 aliphatic rings. The number of benzene rings is 4. The van der Waals surface area contributed by atoms with Crippen LogP contribution in [-0.2, 0) is 48.6 Å². The molecule has 0 bridgehead atoms. The summed E-state index contributed by atoms with van der Waals surface area (Å²) in [5.74, 6) is 0.907. The van der Waals surface area contributed by atoms with Crippen LogP contribution in [0.15, 0.2) is 97.1 Å². The number of anilines is 1. The summed E-state index contributed by atoms with van der Waals surface area (Å²) < 4.78 is 27.3. The average Bonchev–Trinajstić information content (AvgIpc) is 1.67. The Morgan fingerprint density at radius 1 is 0.458 bits per heavy atom. The number of nitrogens with two attached hydrogens (primary N) is 1. The molecule has 3 N–H and O–H groups in total. The predicted molar refractivity (Wildman–Crippen MR) is 507 cm³/mol. The molecule has 13 rings (SSSR count). The van der Waals surface area contributed by atoms with Crippen LogP contribution in [0.3, 0.4) is 0 Å². The molecular weight excluding hydrogens is 1860 g/mol. The molecule has 33 nitrogen and oxygen atoms in total. The number of thiophene rings is 2. The second kappa shape index (κ2) is 49.0. The number of nitrogens with one attached hydrogen (secondary N) is 1. The van der Waals surface area contributed by atoms with Crippen molar-refractivity contribution in [2.45, 2.75) is 215 Å². The van der Waals surface area contributed by atoms with Crippen LogP contribution < -0.4 is 11.1 Å². The summed E-state index contributed by atoms with van der Waals surface area (Å²) >= 11 is 22.1. The van der Waals surface area contributed by atoms with E-state index in [4.69, 9.17) is 59.5 Å². The number of hydrogen-bond acceptors (Lipinski definition) is 24. The summed E-state index contributed by atoms with van der Waals surface area (Å²) in [5, 5.41) is 35.8. The molecule has 0 aliphatic carbocycles. The van der Waals surface area contributed by atoms with E-state index < -0.39 is 48.4 Å². The third kappa shape index (κ3) is 32.7. The Morgan fingerprint density at radius 2 is 0.763 bits per heavy atom. The van der Waals surface area contributed by atoms with Crippen LogP contribution >= 0.6 is 73.4 Å². The minimum atomic E-state index is -0.576. The van der Waals surface area contributed by atoms with Crippen molar-refractivity contribution in [1.29, 1.82) is 0 Å². The molecule has 4 fully saturated rings. The lowest BCUT2D eigenvalue weighted by Gasteiger charge is -2.34. The van der Waals surface area contributed by atoms with E-state index in [1.807, 2.05) is 100 Å². The van der Waals surface area contributed by atoms with Gasteiger partial charge in [0, 0.05) is 119 Å². The summed E-state index contributed by atoms with van der Waals surface area (Å²) in [6.45, 7) is 31.6. The summed E-state index contributed by atoms with van der Waals surface area (Å²) in [4.78, 5) is 166. The number of piperidine rings is 4. The molecule has 131 heavy (non-hydrogen) atoms. The number of ether oxygens (including phenoxy) is 5. The van der Waals surface area contributed by atoms with Gasteiger partial charge in [-0.05, 0) is 257 Å². The van der Waals surface area contributed by atoms with Gasteiger partial charge in [-0.2, -0.15) is 0 Å². The first-order valence-electron chi connectivity index (χ1n) is 43.2. The third-order valence-electron chi connectivity index (χ3n) is 22.2. The van der Waals surface area contributed by atoms with Crippen LogP contribution in [0.5, 0.6) is 0 Å². The van der Waals surface area contributed by atoms with Crippen molar-refractivity contribution in [1.82, 2.24) is 34.3 Å². The molecule has 0 unspecified atom stereocenters. The zero-order valence-electron chi connectivity index (χ0n) is 75.8. The van der Waals surface area contributed by atoms with Gasteiger partial charge >= 0.3 is 30.3 Å². The molecule has 716 valence electrons. The Kier molecular flexibility index (Phi) is 40.4. The average molecular weight is 1980 g/mol. The van der Waals surface area contributed by atoms with Crippen LogP contribution in [0.25, 0.3) is 0 Å². The van der Waals surface area contributed by atoms with Gasteiger partial charge in [0.2, 0.25) is 0 Å². The lowest BCUT2D eigenvalue weighted by atomic mass is 9.93.